The molecule has 2 aliphatic rings. The number of anilines is 1. The molecule has 2 fully saturated rings. The van der Waals surface area contributed by atoms with E-state index in [1.807, 2.05) is 0 Å². The second-order valence-electron chi connectivity index (χ2n) is 8.40. The molecule has 2 heterocycles. The normalized spacial score (nSPS) is 19.5. The molecule has 1 atom stereocenters. The number of carboxylic acid groups (broad SMARTS) is 1. The number of nitrogens with one attached hydrogen (secondary N) is 1. The Labute approximate surface area is 167 Å². The fourth-order valence-electron chi connectivity index (χ4n) is 4.12. The lowest BCUT2D eigenvalue weighted by Crippen LogP contribution is -2.31. The van der Waals surface area contributed by atoms with E-state index in [4.69, 9.17) is 0 Å². The molecule has 0 bridgehead atoms. The molecular weight excluding hydrogens is 380 g/mol. The summed E-state index contributed by atoms with van der Waals surface area (Å²) in [4.78, 5) is 25.7. The number of rotatable bonds is 6. The average molecular weight is 405 g/mol. The number of benzene rings is 1. The molecule has 0 amide bonds. The fraction of sp³-hybridized carbons (Fsp3) is 0.524. The van der Waals surface area contributed by atoms with Gasteiger partial charge in [-0.15, -0.1) is 0 Å². The molecule has 1 aromatic carbocycles. The Kier molecular flexibility index (Phi) is 5.06. The van der Waals surface area contributed by atoms with E-state index in [9.17, 15) is 19.1 Å². The Bertz CT molecular complexity index is 1030. The largest absolute Gasteiger partial charge is 0.477 e. The van der Waals surface area contributed by atoms with Crippen molar-refractivity contribution in [1.29, 1.82) is 0 Å². The Balaban J connectivity index is 1.79. The SMILES string of the molecule is CC(C)NCC1CCN(c2c(F)cc3c(=O)c(C(=O)O)cn(C4CC4)c3c2F)C1. The molecule has 6 nitrogen and oxygen atoms in total. The van der Waals surface area contributed by atoms with Gasteiger partial charge in [0.25, 0.3) is 0 Å². The number of nitrogens with zero attached hydrogens (tertiary/aromatic N) is 2. The predicted molar refractivity (Wildman–Crippen MR) is 107 cm³/mol. The molecule has 0 spiro atoms. The summed E-state index contributed by atoms with van der Waals surface area (Å²) in [6.45, 7) is 5.94. The van der Waals surface area contributed by atoms with Crippen LogP contribution in [-0.2, 0) is 0 Å². The molecule has 1 unspecified atom stereocenters. The summed E-state index contributed by atoms with van der Waals surface area (Å²) in [5, 5.41) is 12.5. The lowest BCUT2D eigenvalue weighted by molar-refractivity contribution is 0.0694. The summed E-state index contributed by atoms with van der Waals surface area (Å²) in [5.41, 5.74) is -1.43. The number of carbonyl (C=O) groups is 1. The first-order valence-corrected chi connectivity index (χ1v) is 10.1. The summed E-state index contributed by atoms with van der Waals surface area (Å²) in [5.74, 6) is -2.71. The number of hydrogen-bond acceptors (Lipinski definition) is 4. The van der Waals surface area contributed by atoms with Crippen LogP contribution in [0.2, 0.25) is 0 Å². The van der Waals surface area contributed by atoms with Gasteiger partial charge in [-0.2, -0.15) is 0 Å². The van der Waals surface area contributed by atoms with Crippen LogP contribution < -0.4 is 15.6 Å². The van der Waals surface area contributed by atoms with Crippen molar-refractivity contribution in [3.63, 3.8) is 0 Å². The maximum Gasteiger partial charge on any atom is 0.341 e. The van der Waals surface area contributed by atoms with Gasteiger partial charge in [0.2, 0.25) is 5.43 Å². The van der Waals surface area contributed by atoms with E-state index in [1.165, 1.54) is 10.8 Å². The van der Waals surface area contributed by atoms with E-state index in [0.29, 0.717) is 19.1 Å². The molecule has 1 aromatic heterocycles. The van der Waals surface area contributed by atoms with E-state index in [0.717, 1.165) is 31.9 Å². The molecule has 1 saturated heterocycles. The van der Waals surface area contributed by atoms with Crippen molar-refractivity contribution in [2.24, 2.45) is 5.92 Å². The Morgan fingerprint density at radius 2 is 2.03 bits per heavy atom. The number of fused-ring (bicyclic) bond motifs is 1. The molecule has 1 aliphatic carbocycles. The van der Waals surface area contributed by atoms with Gasteiger partial charge in [-0.3, -0.25) is 4.79 Å². The molecule has 156 valence electrons. The lowest BCUT2D eigenvalue weighted by Gasteiger charge is -2.23. The van der Waals surface area contributed by atoms with Crippen LogP contribution in [0.1, 0.15) is 49.5 Å². The highest BCUT2D eigenvalue weighted by atomic mass is 19.1. The van der Waals surface area contributed by atoms with Crippen LogP contribution in [0.5, 0.6) is 0 Å². The molecule has 8 heteroatoms. The average Bonchev–Trinajstić information content (AvgIpc) is 3.39. The van der Waals surface area contributed by atoms with Gasteiger partial charge in [0.1, 0.15) is 17.1 Å². The molecule has 29 heavy (non-hydrogen) atoms. The summed E-state index contributed by atoms with van der Waals surface area (Å²) < 4.78 is 32.0. The minimum absolute atomic E-state index is 0.00246. The van der Waals surface area contributed by atoms with Crippen molar-refractivity contribution in [2.75, 3.05) is 24.5 Å². The minimum atomic E-state index is -1.39. The first-order chi connectivity index (χ1) is 13.8. The highest BCUT2D eigenvalue weighted by Gasteiger charge is 2.32. The number of aromatic nitrogens is 1. The standard InChI is InChI=1S/C21H25F2N3O3/c1-11(2)24-8-12-5-6-25(9-12)19-16(22)7-14-18(17(19)23)26(13-3-4-13)10-15(20(14)27)21(28)29/h7,10-13,24H,3-6,8-9H2,1-2H3,(H,28,29). The van der Waals surface area contributed by atoms with Gasteiger partial charge in [0.05, 0.1) is 10.9 Å². The summed E-state index contributed by atoms with van der Waals surface area (Å²) in [6, 6.07) is 1.28. The van der Waals surface area contributed by atoms with Crippen molar-refractivity contribution >= 4 is 22.6 Å². The van der Waals surface area contributed by atoms with Crippen molar-refractivity contribution in [2.45, 2.75) is 45.2 Å². The molecule has 2 N–H and O–H groups in total. The van der Waals surface area contributed by atoms with Crippen molar-refractivity contribution in [1.82, 2.24) is 9.88 Å². The predicted octanol–water partition coefficient (Wildman–Crippen LogP) is 3.14. The van der Waals surface area contributed by atoms with Gasteiger partial charge in [0.15, 0.2) is 5.82 Å². The van der Waals surface area contributed by atoms with Gasteiger partial charge in [-0.25, -0.2) is 13.6 Å². The first kappa shape index (κ1) is 19.8. The Morgan fingerprint density at radius 1 is 1.31 bits per heavy atom. The van der Waals surface area contributed by atoms with Crippen molar-refractivity contribution < 1.29 is 18.7 Å². The number of carboxylic acids is 1. The van der Waals surface area contributed by atoms with Crippen LogP contribution >= 0.6 is 0 Å². The van der Waals surface area contributed by atoms with Gasteiger partial charge in [-0.05, 0) is 37.8 Å². The fourth-order valence-corrected chi connectivity index (χ4v) is 4.12. The summed E-state index contributed by atoms with van der Waals surface area (Å²) >= 11 is 0. The van der Waals surface area contributed by atoms with Crippen LogP contribution in [0.4, 0.5) is 14.5 Å². The zero-order valence-corrected chi connectivity index (χ0v) is 16.5. The van der Waals surface area contributed by atoms with E-state index in [1.54, 1.807) is 4.90 Å². The maximum atomic E-state index is 15.6. The quantitative estimate of drug-likeness (QED) is 0.772. The number of halogens is 2. The van der Waals surface area contributed by atoms with Crippen LogP contribution in [0.15, 0.2) is 17.1 Å². The Morgan fingerprint density at radius 3 is 2.66 bits per heavy atom. The first-order valence-electron chi connectivity index (χ1n) is 10.1. The highest BCUT2D eigenvalue weighted by molar-refractivity contribution is 5.94. The molecule has 0 radical (unpaired) electrons. The van der Waals surface area contributed by atoms with Gasteiger partial charge in [-0.1, -0.05) is 13.8 Å². The van der Waals surface area contributed by atoms with Gasteiger partial charge < -0.3 is 19.9 Å². The third kappa shape index (κ3) is 3.61. The second-order valence-corrected chi connectivity index (χ2v) is 8.40. The number of pyridine rings is 1. The van der Waals surface area contributed by atoms with Crippen molar-refractivity contribution in [3.8, 4) is 0 Å². The third-order valence-corrected chi connectivity index (χ3v) is 5.77. The van der Waals surface area contributed by atoms with Gasteiger partial charge >= 0.3 is 5.97 Å². The van der Waals surface area contributed by atoms with Crippen LogP contribution in [0.25, 0.3) is 10.9 Å². The Hall–Kier alpha value is -2.48. The van der Waals surface area contributed by atoms with Gasteiger partial charge in [0, 0.05) is 31.4 Å². The monoisotopic (exact) mass is 405 g/mol. The second kappa shape index (κ2) is 7.40. The molecule has 2 aromatic rings. The van der Waals surface area contributed by atoms with Crippen molar-refractivity contribution in [3.05, 3.63) is 39.7 Å². The lowest BCUT2D eigenvalue weighted by atomic mass is 10.1. The van der Waals surface area contributed by atoms with E-state index in [-0.39, 0.29) is 28.6 Å². The zero-order valence-electron chi connectivity index (χ0n) is 16.5. The van der Waals surface area contributed by atoms with Crippen LogP contribution in [0.3, 0.4) is 0 Å². The number of aromatic carboxylic acids is 1. The summed E-state index contributed by atoms with van der Waals surface area (Å²) in [7, 11) is 0. The molecule has 1 saturated carbocycles. The third-order valence-electron chi connectivity index (χ3n) is 5.77. The molecular formula is C21H25F2N3O3. The number of hydrogen-bond donors (Lipinski definition) is 2. The van der Waals surface area contributed by atoms with Crippen LogP contribution in [0, 0.1) is 17.6 Å². The maximum absolute atomic E-state index is 15.6. The minimum Gasteiger partial charge on any atom is -0.477 e. The highest BCUT2D eigenvalue weighted by Crippen LogP contribution is 2.40. The van der Waals surface area contributed by atoms with E-state index < -0.39 is 28.6 Å². The zero-order chi connectivity index (χ0) is 20.9. The smallest absolute Gasteiger partial charge is 0.341 e. The topological polar surface area (TPSA) is 74.6 Å². The van der Waals surface area contributed by atoms with E-state index >= 15 is 4.39 Å². The summed E-state index contributed by atoms with van der Waals surface area (Å²) in [6.07, 6.45) is 3.57. The molecule has 4 rings (SSSR count). The van der Waals surface area contributed by atoms with Crippen LogP contribution in [-0.4, -0.2) is 41.3 Å². The molecule has 1 aliphatic heterocycles. The van der Waals surface area contributed by atoms with E-state index in [2.05, 4.69) is 19.2 Å².